The molecule has 6 nitrogen and oxygen atoms in total. The van der Waals surface area contributed by atoms with Gasteiger partial charge in [-0.1, -0.05) is 30.3 Å². The number of piperidine rings is 1. The van der Waals surface area contributed by atoms with E-state index in [2.05, 4.69) is 25.7 Å². The van der Waals surface area contributed by atoms with Crippen LogP contribution in [0.1, 0.15) is 31.4 Å². The maximum atomic E-state index is 12.2. The van der Waals surface area contributed by atoms with Crippen molar-refractivity contribution in [3.8, 4) is 0 Å². The lowest BCUT2D eigenvalue weighted by Gasteiger charge is -2.33. The number of aromatic nitrogens is 2. The van der Waals surface area contributed by atoms with Gasteiger partial charge in [0.15, 0.2) is 5.82 Å². The van der Waals surface area contributed by atoms with E-state index in [4.69, 9.17) is 0 Å². The average Bonchev–Trinajstić information content (AvgIpc) is 2.68. The molecule has 1 fully saturated rings. The minimum absolute atomic E-state index is 0.0120. The van der Waals surface area contributed by atoms with Crippen molar-refractivity contribution in [1.29, 1.82) is 0 Å². The highest BCUT2D eigenvalue weighted by molar-refractivity contribution is 5.78. The van der Waals surface area contributed by atoms with Gasteiger partial charge in [-0.05, 0) is 37.5 Å². The Bertz CT molecular complexity index is 664. The molecular formula is C19H25N5O. The van der Waals surface area contributed by atoms with Crippen LogP contribution in [0.15, 0.2) is 48.7 Å². The zero-order valence-electron chi connectivity index (χ0n) is 14.6. The maximum absolute atomic E-state index is 12.2. The van der Waals surface area contributed by atoms with E-state index < -0.39 is 0 Å². The van der Waals surface area contributed by atoms with E-state index in [0.29, 0.717) is 6.54 Å². The second kappa shape index (κ2) is 8.58. The maximum Gasteiger partial charge on any atom is 0.234 e. The van der Waals surface area contributed by atoms with Crippen molar-refractivity contribution in [2.24, 2.45) is 0 Å². The molecule has 1 saturated heterocycles. The smallest absolute Gasteiger partial charge is 0.234 e. The molecule has 0 saturated carbocycles. The number of anilines is 1. The molecule has 2 aromatic rings. The van der Waals surface area contributed by atoms with Crippen LogP contribution in [-0.2, 0) is 4.79 Å². The van der Waals surface area contributed by atoms with Gasteiger partial charge in [0.1, 0.15) is 0 Å². The van der Waals surface area contributed by atoms with Gasteiger partial charge in [-0.15, -0.1) is 5.10 Å². The highest BCUT2D eigenvalue weighted by Gasteiger charge is 2.21. The van der Waals surface area contributed by atoms with Crippen LogP contribution in [0, 0.1) is 0 Å². The molecule has 25 heavy (non-hydrogen) atoms. The van der Waals surface area contributed by atoms with Crippen molar-refractivity contribution in [2.45, 2.75) is 31.8 Å². The van der Waals surface area contributed by atoms with Crippen molar-refractivity contribution in [3.05, 3.63) is 54.2 Å². The minimum Gasteiger partial charge on any atom is -0.354 e. The van der Waals surface area contributed by atoms with Gasteiger partial charge in [-0.3, -0.25) is 4.79 Å². The van der Waals surface area contributed by atoms with Crippen LogP contribution in [0.2, 0.25) is 0 Å². The molecule has 1 aliphatic heterocycles. The fraction of sp³-hybridized carbons (Fsp3) is 0.421. The van der Waals surface area contributed by atoms with Crippen molar-refractivity contribution in [3.63, 3.8) is 0 Å². The Labute approximate surface area is 148 Å². The first kappa shape index (κ1) is 17.4. The van der Waals surface area contributed by atoms with Gasteiger partial charge in [-0.2, -0.15) is 5.10 Å². The number of nitrogens with zero attached hydrogens (tertiary/aromatic N) is 3. The van der Waals surface area contributed by atoms with Crippen LogP contribution in [0.3, 0.4) is 0 Å². The predicted molar refractivity (Wildman–Crippen MR) is 98.3 cm³/mol. The Morgan fingerprint density at radius 3 is 2.88 bits per heavy atom. The summed E-state index contributed by atoms with van der Waals surface area (Å²) >= 11 is 0. The monoisotopic (exact) mass is 339 g/mol. The third-order valence-electron chi connectivity index (χ3n) is 4.53. The van der Waals surface area contributed by atoms with Gasteiger partial charge in [0.2, 0.25) is 5.91 Å². The Balaban J connectivity index is 1.45. The van der Waals surface area contributed by atoms with E-state index in [9.17, 15) is 4.79 Å². The van der Waals surface area contributed by atoms with Gasteiger partial charge < -0.3 is 15.5 Å². The van der Waals surface area contributed by atoms with Crippen LogP contribution in [0.25, 0.3) is 0 Å². The van der Waals surface area contributed by atoms with Gasteiger partial charge in [0.25, 0.3) is 0 Å². The quantitative estimate of drug-likeness (QED) is 0.841. The fourth-order valence-corrected chi connectivity index (χ4v) is 3.17. The first-order chi connectivity index (χ1) is 12.2. The van der Waals surface area contributed by atoms with Crippen LogP contribution >= 0.6 is 0 Å². The van der Waals surface area contributed by atoms with Crippen LogP contribution in [0.5, 0.6) is 0 Å². The Hall–Kier alpha value is -2.47. The molecule has 0 spiro atoms. The lowest BCUT2D eigenvalue weighted by molar-refractivity contribution is -0.121. The first-order valence-electron chi connectivity index (χ1n) is 8.82. The third-order valence-corrected chi connectivity index (χ3v) is 4.53. The fourth-order valence-electron chi connectivity index (χ4n) is 3.17. The normalized spacial score (nSPS) is 18.6. The largest absolute Gasteiger partial charge is 0.354 e. The van der Waals surface area contributed by atoms with Crippen molar-refractivity contribution < 1.29 is 4.79 Å². The highest BCUT2D eigenvalue weighted by Crippen LogP contribution is 2.16. The Morgan fingerprint density at radius 1 is 1.28 bits per heavy atom. The molecule has 6 heteroatoms. The molecule has 1 aromatic carbocycles. The SMILES string of the molecule is C[C@H](NC(=O)CN[C@H]1CCCN(c2cccnn2)C1)c1ccccc1. The molecule has 2 N–H and O–H groups in total. The molecule has 3 rings (SSSR count). The topological polar surface area (TPSA) is 70.2 Å². The zero-order chi connectivity index (χ0) is 17.5. The summed E-state index contributed by atoms with van der Waals surface area (Å²) in [6.45, 7) is 4.16. The second-order valence-electron chi connectivity index (χ2n) is 6.45. The number of carbonyl (C=O) groups excluding carboxylic acids is 1. The van der Waals surface area contributed by atoms with Crippen molar-refractivity contribution in [2.75, 3.05) is 24.5 Å². The van der Waals surface area contributed by atoms with Gasteiger partial charge in [-0.25, -0.2) is 0 Å². The van der Waals surface area contributed by atoms with E-state index in [1.807, 2.05) is 49.4 Å². The zero-order valence-corrected chi connectivity index (χ0v) is 14.6. The Kier molecular flexibility index (Phi) is 5.95. The number of nitrogens with one attached hydrogen (secondary N) is 2. The van der Waals surface area contributed by atoms with Crippen molar-refractivity contribution >= 4 is 11.7 Å². The first-order valence-corrected chi connectivity index (χ1v) is 8.82. The van der Waals surface area contributed by atoms with E-state index in [1.165, 1.54) is 0 Å². The second-order valence-corrected chi connectivity index (χ2v) is 6.45. The molecular weight excluding hydrogens is 314 g/mol. The predicted octanol–water partition coefficient (Wildman–Crippen LogP) is 1.91. The number of carbonyl (C=O) groups is 1. The van der Waals surface area contributed by atoms with Gasteiger partial charge >= 0.3 is 0 Å². The van der Waals surface area contributed by atoms with Crippen LogP contribution < -0.4 is 15.5 Å². The molecule has 1 aliphatic rings. The summed E-state index contributed by atoms with van der Waals surface area (Å²) < 4.78 is 0. The lowest BCUT2D eigenvalue weighted by Crippen LogP contribution is -2.49. The number of benzene rings is 1. The molecule has 2 heterocycles. The number of hydrogen-bond donors (Lipinski definition) is 2. The molecule has 1 amide bonds. The summed E-state index contributed by atoms with van der Waals surface area (Å²) in [5.74, 6) is 0.920. The lowest BCUT2D eigenvalue weighted by atomic mass is 10.1. The summed E-state index contributed by atoms with van der Waals surface area (Å²) in [4.78, 5) is 14.4. The minimum atomic E-state index is 0.0120. The molecule has 2 atom stereocenters. The van der Waals surface area contributed by atoms with E-state index >= 15 is 0 Å². The van der Waals surface area contributed by atoms with Gasteiger partial charge in [0, 0.05) is 25.3 Å². The molecule has 0 aliphatic carbocycles. The summed E-state index contributed by atoms with van der Waals surface area (Å²) in [6, 6.07) is 14.2. The number of amides is 1. The molecule has 0 unspecified atom stereocenters. The molecule has 0 bridgehead atoms. The van der Waals surface area contributed by atoms with Crippen LogP contribution in [-0.4, -0.2) is 41.8 Å². The van der Waals surface area contributed by atoms with Gasteiger partial charge in [0.05, 0.1) is 12.6 Å². The van der Waals surface area contributed by atoms with E-state index in [0.717, 1.165) is 37.3 Å². The molecule has 0 radical (unpaired) electrons. The van der Waals surface area contributed by atoms with E-state index in [-0.39, 0.29) is 18.0 Å². The average molecular weight is 339 g/mol. The van der Waals surface area contributed by atoms with Crippen molar-refractivity contribution in [1.82, 2.24) is 20.8 Å². The Morgan fingerprint density at radius 2 is 2.12 bits per heavy atom. The summed E-state index contributed by atoms with van der Waals surface area (Å²) in [5, 5.41) is 14.5. The highest BCUT2D eigenvalue weighted by atomic mass is 16.1. The standard InChI is InChI=1S/C19H25N5O/c1-15(16-7-3-2-4-8-16)22-19(25)13-20-17-9-6-12-24(14-17)18-10-5-11-21-23-18/h2-5,7-8,10-11,15,17,20H,6,9,12-14H2,1H3,(H,22,25)/t15-,17-/m0/s1. The summed E-state index contributed by atoms with van der Waals surface area (Å²) in [5.41, 5.74) is 1.11. The summed E-state index contributed by atoms with van der Waals surface area (Å²) in [6.07, 6.45) is 3.83. The number of rotatable bonds is 6. The summed E-state index contributed by atoms with van der Waals surface area (Å²) in [7, 11) is 0. The van der Waals surface area contributed by atoms with Crippen LogP contribution in [0.4, 0.5) is 5.82 Å². The molecule has 1 aromatic heterocycles. The molecule has 132 valence electrons. The third kappa shape index (κ3) is 5.00. The van der Waals surface area contributed by atoms with E-state index in [1.54, 1.807) is 6.20 Å². The number of hydrogen-bond acceptors (Lipinski definition) is 5.